The zero-order chi connectivity index (χ0) is 11.0. The molecule has 1 N–H and O–H groups in total. The molecule has 1 fully saturated rings. The van der Waals surface area contributed by atoms with Crippen molar-refractivity contribution < 1.29 is 4.39 Å². The van der Waals surface area contributed by atoms with Crippen LogP contribution in [0.3, 0.4) is 0 Å². The minimum Gasteiger partial charge on any atom is -0.316 e. The van der Waals surface area contributed by atoms with Crippen LogP contribution in [0.25, 0.3) is 5.57 Å². The summed E-state index contributed by atoms with van der Waals surface area (Å²) in [6, 6.07) is 1.59. The summed E-state index contributed by atoms with van der Waals surface area (Å²) in [5.41, 5.74) is 2.22. The van der Waals surface area contributed by atoms with Crippen molar-refractivity contribution in [2.75, 3.05) is 13.1 Å². The SMILES string of the molecule is Fc1cncc(C2=C[C@@H]3CNCC[C@@H]3C2)c1. The van der Waals surface area contributed by atoms with Gasteiger partial charge in [-0.05, 0) is 48.4 Å². The highest BCUT2D eigenvalue weighted by atomic mass is 19.1. The summed E-state index contributed by atoms with van der Waals surface area (Å²) in [6.07, 6.45) is 7.63. The van der Waals surface area contributed by atoms with Gasteiger partial charge in [0.25, 0.3) is 0 Å². The molecule has 1 aromatic heterocycles. The normalized spacial score (nSPS) is 28.7. The van der Waals surface area contributed by atoms with E-state index < -0.39 is 0 Å². The number of nitrogens with one attached hydrogen (secondary N) is 1. The summed E-state index contributed by atoms with van der Waals surface area (Å²) >= 11 is 0. The van der Waals surface area contributed by atoms with Crippen LogP contribution in [0, 0.1) is 17.7 Å². The molecule has 3 heteroatoms. The lowest BCUT2D eigenvalue weighted by molar-refractivity contribution is 0.323. The predicted molar refractivity (Wildman–Crippen MR) is 61.3 cm³/mol. The number of nitrogens with zero attached hydrogens (tertiary/aromatic N) is 1. The lowest BCUT2D eigenvalue weighted by atomic mass is 9.89. The van der Waals surface area contributed by atoms with Crippen LogP contribution in [-0.2, 0) is 0 Å². The van der Waals surface area contributed by atoms with E-state index in [2.05, 4.69) is 16.4 Å². The Morgan fingerprint density at radius 1 is 1.38 bits per heavy atom. The van der Waals surface area contributed by atoms with Crippen molar-refractivity contribution in [2.24, 2.45) is 11.8 Å². The Hall–Kier alpha value is -1.22. The molecule has 0 amide bonds. The van der Waals surface area contributed by atoms with E-state index in [0.29, 0.717) is 5.92 Å². The van der Waals surface area contributed by atoms with Crippen LogP contribution in [-0.4, -0.2) is 18.1 Å². The minimum atomic E-state index is -0.244. The number of halogens is 1. The summed E-state index contributed by atoms with van der Waals surface area (Å²) in [5, 5.41) is 3.41. The molecular weight excluding hydrogens is 203 g/mol. The highest BCUT2D eigenvalue weighted by Crippen LogP contribution is 2.39. The van der Waals surface area contributed by atoms with E-state index in [9.17, 15) is 4.39 Å². The average Bonchev–Trinajstić information content (AvgIpc) is 2.72. The quantitative estimate of drug-likeness (QED) is 0.782. The summed E-state index contributed by atoms with van der Waals surface area (Å²) in [7, 11) is 0. The number of hydrogen-bond acceptors (Lipinski definition) is 2. The maximum atomic E-state index is 13.1. The minimum absolute atomic E-state index is 0.244. The number of hydrogen-bond donors (Lipinski definition) is 1. The van der Waals surface area contributed by atoms with Gasteiger partial charge in [0, 0.05) is 12.7 Å². The third-order valence-corrected chi connectivity index (χ3v) is 3.65. The first-order valence-corrected chi connectivity index (χ1v) is 5.85. The largest absolute Gasteiger partial charge is 0.316 e. The maximum absolute atomic E-state index is 13.1. The predicted octanol–water partition coefficient (Wildman–Crippen LogP) is 2.23. The molecule has 2 atom stereocenters. The Morgan fingerprint density at radius 3 is 3.12 bits per heavy atom. The van der Waals surface area contributed by atoms with Crippen molar-refractivity contribution in [2.45, 2.75) is 12.8 Å². The molecule has 1 aliphatic heterocycles. The molecule has 16 heavy (non-hydrogen) atoms. The summed E-state index contributed by atoms with van der Waals surface area (Å²) < 4.78 is 13.1. The molecule has 1 aliphatic carbocycles. The van der Waals surface area contributed by atoms with Crippen LogP contribution in [0.5, 0.6) is 0 Å². The molecule has 3 rings (SSSR count). The summed E-state index contributed by atoms with van der Waals surface area (Å²) in [4.78, 5) is 3.91. The second kappa shape index (κ2) is 3.98. The van der Waals surface area contributed by atoms with E-state index in [-0.39, 0.29) is 5.82 Å². The molecule has 0 unspecified atom stereocenters. The molecule has 2 nitrogen and oxygen atoms in total. The Kier molecular flexibility index (Phi) is 2.48. The van der Waals surface area contributed by atoms with Gasteiger partial charge in [-0.25, -0.2) is 4.39 Å². The van der Waals surface area contributed by atoms with Gasteiger partial charge in [0.1, 0.15) is 5.82 Å². The topological polar surface area (TPSA) is 24.9 Å². The van der Waals surface area contributed by atoms with E-state index in [1.54, 1.807) is 12.3 Å². The van der Waals surface area contributed by atoms with Crippen LogP contribution in [0.15, 0.2) is 24.5 Å². The van der Waals surface area contributed by atoms with Crippen LogP contribution in [0.1, 0.15) is 18.4 Å². The van der Waals surface area contributed by atoms with Crippen LogP contribution in [0.2, 0.25) is 0 Å². The van der Waals surface area contributed by atoms with Gasteiger partial charge in [-0.15, -0.1) is 0 Å². The van der Waals surface area contributed by atoms with Crippen molar-refractivity contribution in [3.63, 3.8) is 0 Å². The first kappa shape index (κ1) is 9.97. The van der Waals surface area contributed by atoms with E-state index in [4.69, 9.17) is 0 Å². The first-order valence-electron chi connectivity index (χ1n) is 5.85. The van der Waals surface area contributed by atoms with E-state index in [1.165, 1.54) is 18.2 Å². The van der Waals surface area contributed by atoms with Crippen molar-refractivity contribution >= 4 is 5.57 Å². The lowest BCUT2D eigenvalue weighted by Crippen LogP contribution is -2.33. The molecule has 0 spiro atoms. The molecule has 84 valence electrons. The fourth-order valence-electron chi connectivity index (χ4n) is 2.80. The summed E-state index contributed by atoms with van der Waals surface area (Å²) in [6.45, 7) is 2.18. The summed E-state index contributed by atoms with van der Waals surface area (Å²) in [5.74, 6) is 1.14. The standard InChI is InChI=1S/C13H15FN2/c14-13-5-12(7-16-8-13)10-3-9-1-2-15-6-11(9)4-10/h4-5,7-9,11,15H,1-3,6H2/t9-,11-/m1/s1. The van der Waals surface area contributed by atoms with E-state index in [1.807, 2.05) is 0 Å². The number of piperidine rings is 1. The highest BCUT2D eigenvalue weighted by molar-refractivity contribution is 5.67. The number of aromatic nitrogens is 1. The fraction of sp³-hybridized carbons (Fsp3) is 0.462. The van der Waals surface area contributed by atoms with Gasteiger partial charge >= 0.3 is 0 Å². The van der Waals surface area contributed by atoms with Gasteiger partial charge in [-0.3, -0.25) is 4.98 Å². The van der Waals surface area contributed by atoms with Crippen LogP contribution >= 0.6 is 0 Å². The van der Waals surface area contributed by atoms with Gasteiger partial charge in [-0.1, -0.05) is 6.08 Å². The molecule has 1 saturated heterocycles. The number of pyridine rings is 1. The molecule has 0 saturated carbocycles. The van der Waals surface area contributed by atoms with Gasteiger partial charge in [-0.2, -0.15) is 0 Å². The molecular formula is C13H15FN2. The van der Waals surface area contributed by atoms with Gasteiger partial charge < -0.3 is 5.32 Å². The van der Waals surface area contributed by atoms with Crippen molar-refractivity contribution in [3.05, 3.63) is 35.9 Å². The van der Waals surface area contributed by atoms with Crippen molar-refractivity contribution in [3.8, 4) is 0 Å². The molecule has 0 bridgehead atoms. The van der Waals surface area contributed by atoms with Gasteiger partial charge in [0.05, 0.1) is 6.20 Å². The fourth-order valence-corrected chi connectivity index (χ4v) is 2.80. The number of rotatable bonds is 1. The number of allylic oxidation sites excluding steroid dienone is 1. The number of fused-ring (bicyclic) bond motifs is 1. The molecule has 0 radical (unpaired) electrons. The zero-order valence-corrected chi connectivity index (χ0v) is 9.12. The second-order valence-electron chi connectivity index (χ2n) is 4.70. The average molecular weight is 218 g/mol. The lowest BCUT2D eigenvalue weighted by Gasteiger charge is -2.25. The Morgan fingerprint density at radius 2 is 2.31 bits per heavy atom. The third kappa shape index (κ3) is 1.76. The zero-order valence-electron chi connectivity index (χ0n) is 9.12. The molecule has 0 aromatic carbocycles. The molecule has 1 aromatic rings. The van der Waals surface area contributed by atoms with Crippen molar-refractivity contribution in [1.29, 1.82) is 0 Å². The van der Waals surface area contributed by atoms with E-state index >= 15 is 0 Å². The maximum Gasteiger partial charge on any atom is 0.142 e. The Balaban J connectivity index is 1.86. The monoisotopic (exact) mass is 218 g/mol. The second-order valence-corrected chi connectivity index (χ2v) is 4.70. The third-order valence-electron chi connectivity index (χ3n) is 3.65. The van der Waals surface area contributed by atoms with E-state index in [0.717, 1.165) is 31.0 Å². The smallest absolute Gasteiger partial charge is 0.142 e. The van der Waals surface area contributed by atoms with Gasteiger partial charge in [0.15, 0.2) is 0 Å². The Labute approximate surface area is 94.6 Å². The molecule has 2 aliphatic rings. The van der Waals surface area contributed by atoms with Crippen LogP contribution < -0.4 is 5.32 Å². The highest BCUT2D eigenvalue weighted by Gasteiger charge is 2.30. The van der Waals surface area contributed by atoms with Gasteiger partial charge in [0.2, 0.25) is 0 Å². The Bertz CT molecular complexity index is 428. The van der Waals surface area contributed by atoms with Crippen LogP contribution in [0.4, 0.5) is 4.39 Å². The van der Waals surface area contributed by atoms with Crippen molar-refractivity contribution in [1.82, 2.24) is 10.3 Å². The first-order chi connectivity index (χ1) is 7.83. The molecule has 2 heterocycles.